The Labute approximate surface area is 117 Å². The summed E-state index contributed by atoms with van der Waals surface area (Å²) >= 11 is 5.75. The Morgan fingerprint density at radius 3 is 2.45 bits per heavy atom. The lowest BCUT2D eigenvalue weighted by Gasteiger charge is -2.08. The molecular formula is C13H8ClF3N2O. The third-order valence-electron chi connectivity index (χ3n) is 2.55. The molecule has 7 heteroatoms. The zero-order valence-corrected chi connectivity index (χ0v) is 10.6. The second kappa shape index (κ2) is 5.42. The van der Waals surface area contributed by atoms with Crippen LogP contribution in [0, 0.1) is 17.5 Å². The molecule has 0 aliphatic rings. The van der Waals surface area contributed by atoms with Crippen LogP contribution in [-0.2, 0) is 0 Å². The number of rotatable bonds is 2. The number of benzene rings is 2. The van der Waals surface area contributed by atoms with Gasteiger partial charge in [-0.25, -0.2) is 13.2 Å². The van der Waals surface area contributed by atoms with E-state index < -0.39 is 29.0 Å². The highest BCUT2D eigenvalue weighted by Crippen LogP contribution is 2.22. The van der Waals surface area contributed by atoms with Crippen molar-refractivity contribution in [3.05, 3.63) is 58.4 Å². The molecule has 3 nitrogen and oxygen atoms in total. The van der Waals surface area contributed by atoms with Crippen LogP contribution < -0.4 is 11.1 Å². The molecular weight excluding hydrogens is 293 g/mol. The van der Waals surface area contributed by atoms with Gasteiger partial charge in [-0.05, 0) is 30.3 Å². The van der Waals surface area contributed by atoms with Gasteiger partial charge >= 0.3 is 0 Å². The maximum Gasteiger partial charge on any atom is 0.255 e. The number of halogens is 4. The minimum atomic E-state index is -1.65. The first-order chi connectivity index (χ1) is 9.40. The largest absolute Gasteiger partial charge is 0.398 e. The van der Waals surface area contributed by atoms with Crippen molar-refractivity contribution in [2.75, 3.05) is 11.1 Å². The van der Waals surface area contributed by atoms with E-state index in [4.69, 9.17) is 17.3 Å². The number of nitrogens with one attached hydrogen (secondary N) is 1. The first kappa shape index (κ1) is 14.2. The summed E-state index contributed by atoms with van der Waals surface area (Å²) in [6, 6.07) is 5.69. The van der Waals surface area contributed by atoms with Crippen LogP contribution in [0.3, 0.4) is 0 Å². The monoisotopic (exact) mass is 300 g/mol. The third-order valence-corrected chi connectivity index (χ3v) is 2.87. The molecule has 2 rings (SSSR count). The molecule has 0 saturated heterocycles. The molecule has 0 spiro atoms. The highest BCUT2D eigenvalue weighted by atomic mass is 35.5. The number of anilines is 2. The molecule has 0 unspecified atom stereocenters. The molecule has 20 heavy (non-hydrogen) atoms. The highest BCUT2D eigenvalue weighted by molar-refractivity contribution is 6.33. The average molecular weight is 301 g/mol. The van der Waals surface area contributed by atoms with E-state index >= 15 is 0 Å². The molecule has 104 valence electrons. The van der Waals surface area contributed by atoms with E-state index in [2.05, 4.69) is 5.32 Å². The fraction of sp³-hybridized carbons (Fsp3) is 0. The van der Waals surface area contributed by atoms with Gasteiger partial charge in [0.1, 0.15) is 0 Å². The van der Waals surface area contributed by atoms with Crippen molar-refractivity contribution in [3.63, 3.8) is 0 Å². The molecule has 0 fully saturated rings. The zero-order chi connectivity index (χ0) is 14.9. The smallest absolute Gasteiger partial charge is 0.255 e. The number of hydrogen-bond acceptors (Lipinski definition) is 2. The van der Waals surface area contributed by atoms with Crippen molar-refractivity contribution < 1.29 is 18.0 Å². The second-order valence-electron chi connectivity index (χ2n) is 3.91. The van der Waals surface area contributed by atoms with Gasteiger partial charge in [0, 0.05) is 5.56 Å². The molecule has 3 N–H and O–H groups in total. The Morgan fingerprint density at radius 2 is 1.80 bits per heavy atom. The number of carbonyl (C=O) groups is 1. The molecule has 0 aliphatic heterocycles. The lowest BCUT2D eigenvalue weighted by Crippen LogP contribution is -2.14. The van der Waals surface area contributed by atoms with Crippen LogP contribution in [-0.4, -0.2) is 5.91 Å². The van der Waals surface area contributed by atoms with Crippen LogP contribution in [0.15, 0.2) is 30.3 Å². The summed E-state index contributed by atoms with van der Waals surface area (Å²) in [4.78, 5) is 11.8. The molecule has 0 atom stereocenters. The Bertz CT molecular complexity index is 692. The van der Waals surface area contributed by atoms with Crippen molar-refractivity contribution >= 4 is 28.9 Å². The van der Waals surface area contributed by atoms with Gasteiger partial charge in [0.25, 0.3) is 5.91 Å². The van der Waals surface area contributed by atoms with Crippen LogP contribution >= 0.6 is 11.6 Å². The molecule has 0 aliphatic carbocycles. The van der Waals surface area contributed by atoms with Gasteiger partial charge in [-0.3, -0.25) is 4.79 Å². The Kier molecular flexibility index (Phi) is 3.85. The lowest BCUT2D eigenvalue weighted by atomic mass is 10.2. The fourth-order valence-electron chi connectivity index (χ4n) is 1.49. The Hall–Kier alpha value is -2.21. The Balaban J connectivity index is 2.28. The zero-order valence-electron chi connectivity index (χ0n) is 9.88. The summed E-state index contributed by atoms with van der Waals surface area (Å²) in [6.45, 7) is 0. The van der Waals surface area contributed by atoms with Crippen LogP contribution in [0.25, 0.3) is 0 Å². The van der Waals surface area contributed by atoms with Gasteiger partial charge in [0.05, 0.1) is 16.4 Å². The highest BCUT2D eigenvalue weighted by Gasteiger charge is 2.16. The number of carbonyl (C=O) groups excluding carboxylic acids is 1. The summed E-state index contributed by atoms with van der Waals surface area (Å²) in [5.74, 6) is -5.19. The van der Waals surface area contributed by atoms with E-state index in [9.17, 15) is 18.0 Å². The van der Waals surface area contributed by atoms with Crippen molar-refractivity contribution in [3.8, 4) is 0 Å². The number of hydrogen-bond donors (Lipinski definition) is 2. The number of amides is 1. The molecule has 1 amide bonds. The van der Waals surface area contributed by atoms with Gasteiger partial charge in [-0.15, -0.1) is 0 Å². The third kappa shape index (κ3) is 2.70. The fourth-order valence-corrected chi connectivity index (χ4v) is 1.67. The maximum absolute atomic E-state index is 13.4. The first-order valence-corrected chi connectivity index (χ1v) is 5.78. The second-order valence-corrected chi connectivity index (χ2v) is 4.32. The molecule has 0 bridgehead atoms. The predicted octanol–water partition coefficient (Wildman–Crippen LogP) is 3.59. The van der Waals surface area contributed by atoms with Gasteiger partial charge in [-0.1, -0.05) is 11.6 Å². The van der Waals surface area contributed by atoms with E-state index in [0.717, 1.165) is 6.07 Å². The molecule has 2 aromatic rings. The average Bonchev–Trinajstić information content (AvgIpc) is 2.42. The topological polar surface area (TPSA) is 55.1 Å². The summed E-state index contributed by atoms with van der Waals surface area (Å²) in [7, 11) is 0. The van der Waals surface area contributed by atoms with Crippen molar-refractivity contribution in [2.24, 2.45) is 0 Å². The van der Waals surface area contributed by atoms with Gasteiger partial charge < -0.3 is 11.1 Å². The van der Waals surface area contributed by atoms with Crippen molar-refractivity contribution in [1.29, 1.82) is 0 Å². The van der Waals surface area contributed by atoms with Gasteiger partial charge in [-0.2, -0.15) is 0 Å². The standard InChI is InChI=1S/C13H8ClF3N2O/c14-7-5-6(1-3-9(7)18)13(20)19-10-4-2-8(15)11(16)12(10)17/h1-5H,18H2,(H,19,20). The minimum Gasteiger partial charge on any atom is -0.398 e. The predicted molar refractivity (Wildman–Crippen MR) is 70.1 cm³/mol. The SMILES string of the molecule is Nc1ccc(C(=O)Nc2ccc(F)c(F)c2F)cc1Cl. The summed E-state index contributed by atoms with van der Waals surface area (Å²) in [5.41, 5.74) is 5.40. The van der Waals surface area contributed by atoms with Gasteiger partial charge in [0.15, 0.2) is 17.5 Å². The lowest BCUT2D eigenvalue weighted by molar-refractivity contribution is 0.102. The van der Waals surface area contributed by atoms with Crippen LogP contribution in [0.5, 0.6) is 0 Å². The number of nitrogens with two attached hydrogens (primary N) is 1. The molecule has 2 aromatic carbocycles. The normalized spacial score (nSPS) is 10.4. The molecule has 0 saturated carbocycles. The summed E-state index contributed by atoms with van der Waals surface area (Å²) < 4.78 is 39.2. The van der Waals surface area contributed by atoms with Crippen molar-refractivity contribution in [1.82, 2.24) is 0 Å². The molecule has 0 aromatic heterocycles. The summed E-state index contributed by atoms with van der Waals surface area (Å²) in [5, 5.41) is 2.28. The first-order valence-electron chi connectivity index (χ1n) is 5.40. The van der Waals surface area contributed by atoms with Crippen LogP contribution in [0.2, 0.25) is 5.02 Å². The maximum atomic E-state index is 13.4. The van der Waals surface area contributed by atoms with Gasteiger partial charge in [0.2, 0.25) is 0 Å². The van der Waals surface area contributed by atoms with Crippen LogP contribution in [0.1, 0.15) is 10.4 Å². The van der Waals surface area contributed by atoms with E-state index in [1.807, 2.05) is 0 Å². The minimum absolute atomic E-state index is 0.105. The molecule has 0 heterocycles. The molecule has 0 radical (unpaired) electrons. The quantitative estimate of drug-likeness (QED) is 0.658. The van der Waals surface area contributed by atoms with Crippen molar-refractivity contribution in [2.45, 2.75) is 0 Å². The van der Waals surface area contributed by atoms with E-state index in [1.165, 1.54) is 18.2 Å². The van der Waals surface area contributed by atoms with E-state index in [-0.39, 0.29) is 16.3 Å². The number of nitrogen functional groups attached to an aromatic ring is 1. The van der Waals surface area contributed by atoms with E-state index in [0.29, 0.717) is 6.07 Å². The summed E-state index contributed by atoms with van der Waals surface area (Å²) in [6.07, 6.45) is 0. The van der Waals surface area contributed by atoms with E-state index in [1.54, 1.807) is 0 Å². The van der Waals surface area contributed by atoms with Crippen LogP contribution in [0.4, 0.5) is 24.5 Å². The Morgan fingerprint density at radius 1 is 1.10 bits per heavy atom.